The third-order valence-electron chi connectivity index (χ3n) is 4.10. The summed E-state index contributed by atoms with van der Waals surface area (Å²) in [7, 11) is 0.397. The van der Waals surface area contributed by atoms with E-state index in [-0.39, 0.29) is 16.8 Å². The molecule has 1 aromatic rings. The average Bonchev–Trinajstić information content (AvgIpc) is 2.58. The molecule has 1 heterocycles. The lowest BCUT2D eigenvalue weighted by atomic mass is 10.2. The highest BCUT2D eigenvalue weighted by Crippen LogP contribution is 2.20. The van der Waals surface area contributed by atoms with E-state index in [0.29, 0.717) is 31.9 Å². The minimum absolute atomic E-state index is 0.192. The van der Waals surface area contributed by atoms with Crippen LogP contribution in [0.25, 0.3) is 0 Å². The molecule has 1 aromatic carbocycles. The predicted octanol–water partition coefficient (Wildman–Crippen LogP) is 0.778. The number of rotatable bonds is 7. The van der Waals surface area contributed by atoms with Gasteiger partial charge in [-0.25, -0.2) is 8.42 Å². The Morgan fingerprint density at radius 3 is 2.60 bits per heavy atom. The summed E-state index contributed by atoms with van der Waals surface area (Å²) in [5.41, 5.74) is 0.457. The van der Waals surface area contributed by atoms with Crippen molar-refractivity contribution < 1.29 is 17.9 Å². The van der Waals surface area contributed by atoms with Gasteiger partial charge in [-0.15, -0.1) is 0 Å². The smallest absolute Gasteiger partial charge is 0.251 e. The van der Waals surface area contributed by atoms with Crippen LogP contribution in [0.2, 0.25) is 0 Å². The number of benzene rings is 1. The minimum Gasteiger partial charge on any atom is -0.378 e. The Balaban J connectivity index is 2.00. The maximum Gasteiger partial charge on any atom is 0.251 e. The van der Waals surface area contributed by atoms with E-state index in [1.54, 1.807) is 12.1 Å². The van der Waals surface area contributed by atoms with Crippen LogP contribution in [0.3, 0.4) is 0 Å². The van der Waals surface area contributed by atoms with Gasteiger partial charge in [0.15, 0.2) is 0 Å². The number of sulfonamides is 1. The number of ether oxygens (including phenoxy) is 1. The van der Waals surface area contributed by atoms with Crippen LogP contribution in [0.15, 0.2) is 29.2 Å². The van der Waals surface area contributed by atoms with Gasteiger partial charge >= 0.3 is 0 Å². The Labute approximate surface area is 150 Å². The fourth-order valence-electron chi connectivity index (χ4n) is 2.68. The number of nitrogens with one attached hydrogen (secondary N) is 1. The molecule has 1 amide bonds. The molecule has 0 bridgehead atoms. The Hall–Kier alpha value is -1.48. The van der Waals surface area contributed by atoms with Crippen molar-refractivity contribution in [2.45, 2.75) is 24.3 Å². The number of carbonyl (C=O) groups excluding carboxylic acids is 1. The molecule has 0 aromatic heterocycles. The minimum atomic E-state index is -3.57. The van der Waals surface area contributed by atoms with E-state index in [9.17, 15) is 13.2 Å². The summed E-state index contributed by atoms with van der Waals surface area (Å²) in [4.78, 5) is 14.4. The zero-order valence-electron chi connectivity index (χ0n) is 15.1. The van der Waals surface area contributed by atoms with E-state index >= 15 is 0 Å². The highest BCUT2D eigenvalue weighted by atomic mass is 32.2. The highest BCUT2D eigenvalue weighted by Gasteiger charge is 2.31. The molecule has 0 aliphatic carbocycles. The van der Waals surface area contributed by atoms with Gasteiger partial charge in [-0.1, -0.05) is 0 Å². The van der Waals surface area contributed by atoms with Gasteiger partial charge in [0.25, 0.3) is 5.91 Å². The van der Waals surface area contributed by atoms with Crippen molar-refractivity contribution in [1.29, 1.82) is 0 Å². The van der Waals surface area contributed by atoms with Crippen LogP contribution in [0, 0.1) is 0 Å². The molecule has 7 nitrogen and oxygen atoms in total. The molecule has 1 aliphatic rings. The van der Waals surface area contributed by atoms with Crippen LogP contribution >= 0.6 is 0 Å². The molecule has 0 spiro atoms. The molecule has 1 saturated heterocycles. The lowest BCUT2D eigenvalue weighted by Gasteiger charge is -2.32. The summed E-state index contributed by atoms with van der Waals surface area (Å²) < 4.78 is 32.2. The lowest BCUT2D eigenvalue weighted by Crippen LogP contribution is -2.46. The van der Waals surface area contributed by atoms with E-state index in [1.165, 1.54) is 16.4 Å². The van der Waals surface area contributed by atoms with Gasteiger partial charge in [-0.3, -0.25) is 4.79 Å². The normalized spacial score (nSPS) is 19.1. The first-order valence-corrected chi connectivity index (χ1v) is 9.89. The monoisotopic (exact) mass is 369 g/mol. The SMILES string of the molecule is CC1COCCN1S(=O)(=O)c1ccc(C(=O)NCCCN(C)C)cc1. The van der Waals surface area contributed by atoms with Crippen LogP contribution in [-0.2, 0) is 14.8 Å². The topological polar surface area (TPSA) is 78.9 Å². The lowest BCUT2D eigenvalue weighted by molar-refractivity contribution is 0.0393. The predicted molar refractivity (Wildman–Crippen MR) is 96.1 cm³/mol. The van der Waals surface area contributed by atoms with Crippen molar-refractivity contribution in [2.75, 3.05) is 46.9 Å². The fourth-order valence-corrected chi connectivity index (χ4v) is 4.28. The van der Waals surface area contributed by atoms with Crippen molar-refractivity contribution in [1.82, 2.24) is 14.5 Å². The zero-order valence-corrected chi connectivity index (χ0v) is 15.9. The molecule has 1 atom stereocenters. The molecule has 25 heavy (non-hydrogen) atoms. The molecule has 1 aliphatic heterocycles. The molecule has 0 saturated carbocycles. The molecule has 8 heteroatoms. The fraction of sp³-hybridized carbons (Fsp3) is 0.588. The molecule has 2 rings (SSSR count). The first-order valence-electron chi connectivity index (χ1n) is 8.45. The summed E-state index contributed by atoms with van der Waals surface area (Å²) in [5.74, 6) is -0.192. The average molecular weight is 369 g/mol. The van der Waals surface area contributed by atoms with Crippen molar-refractivity contribution in [3.63, 3.8) is 0 Å². The quantitative estimate of drug-likeness (QED) is 0.719. The molecular weight excluding hydrogens is 342 g/mol. The van der Waals surface area contributed by atoms with Crippen LogP contribution in [0.5, 0.6) is 0 Å². The van der Waals surface area contributed by atoms with Gasteiger partial charge in [0.2, 0.25) is 10.0 Å². The third kappa shape index (κ3) is 5.24. The van der Waals surface area contributed by atoms with Gasteiger partial charge in [0.05, 0.1) is 18.1 Å². The van der Waals surface area contributed by atoms with Gasteiger partial charge in [-0.2, -0.15) is 4.31 Å². The van der Waals surface area contributed by atoms with E-state index in [1.807, 2.05) is 21.0 Å². The molecule has 1 unspecified atom stereocenters. The second-order valence-corrected chi connectivity index (χ2v) is 8.37. The molecule has 140 valence electrons. The molecule has 1 fully saturated rings. The highest BCUT2D eigenvalue weighted by molar-refractivity contribution is 7.89. The largest absolute Gasteiger partial charge is 0.378 e. The van der Waals surface area contributed by atoms with Crippen LogP contribution in [0.4, 0.5) is 0 Å². The number of amides is 1. The Morgan fingerprint density at radius 1 is 1.32 bits per heavy atom. The number of nitrogens with zero attached hydrogens (tertiary/aromatic N) is 2. The molecule has 1 N–H and O–H groups in total. The van der Waals surface area contributed by atoms with Gasteiger partial charge < -0.3 is 15.0 Å². The second-order valence-electron chi connectivity index (χ2n) is 6.48. The number of hydrogen-bond acceptors (Lipinski definition) is 5. The van der Waals surface area contributed by atoms with Gasteiger partial charge in [-0.05, 0) is 58.3 Å². The first-order chi connectivity index (χ1) is 11.8. The van der Waals surface area contributed by atoms with Crippen molar-refractivity contribution in [2.24, 2.45) is 0 Å². The molecule has 0 radical (unpaired) electrons. The van der Waals surface area contributed by atoms with Gasteiger partial charge in [0.1, 0.15) is 0 Å². The summed E-state index contributed by atoms with van der Waals surface area (Å²) in [6.45, 7) is 4.45. The maximum absolute atomic E-state index is 12.7. The summed E-state index contributed by atoms with van der Waals surface area (Å²) in [6, 6.07) is 5.90. The first kappa shape index (κ1) is 19.8. The van der Waals surface area contributed by atoms with E-state index < -0.39 is 10.0 Å². The van der Waals surface area contributed by atoms with Gasteiger partial charge in [0, 0.05) is 24.7 Å². The van der Waals surface area contributed by atoms with Crippen molar-refractivity contribution in [3.8, 4) is 0 Å². The summed E-state index contributed by atoms with van der Waals surface area (Å²) >= 11 is 0. The number of morpholine rings is 1. The van der Waals surface area contributed by atoms with Crippen LogP contribution < -0.4 is 5.32 Å². The Kier molecular flexibility index (Phi) is 6.95. The van der Waals surface area contributed by atoms with E-state index in [0.717, 1.165) is 13.0 Å². The standard InChI is InChI=1S/C17H27N3O4S/c1-14-13-24-12-11-20(14)25(22,23)16-7-5-15(6-8-16)17(21)18-9-4-10-19(2)3/h5-8,14H,4,9-13H2,1-3H3,(H,18,21). The number of carbonyl (C=O) groups is 1. The zero-order chi connectivity index (χ0) is 18.4. The third-order valence-corrected chi connectivity index (χ3v) is 6.13. The van der Waals surface area contributed by atoms with E-state index in [4.69, 9.17) is 4.74 Å². The number of hydrogen-bond donors (Lipinski definition) is 1. The van der Waals surface area contributed by atoms with Crippen LogP contribution in [-0.4, -0.2) is 76.5 Å². The second kappa shape index (κ2) is 8.75. The Bertz CT molecular complexity index is 674. The summed E-state index contributed by atoms with van der Waals surface area (Å²) in [5, 5.41) is 2.84. The summed E-state index contributed by atoms with van der Waals surface area (Å²) in [6.07, 6.45) is 0.861. The van der Waals surface area contributed by atoms with Crippen molar-refractivity contribution in [3.05, 3.63) is 29.8 Å². The van der Waals surface area contributed by atoms with Crippen molar-refractivity contribution >= 4 is 15.9 Å². The van der Waals surface area contributed by atoms with Crippen LogP contribution in [0.1, 0.15) is 23.7 Å². The Morgan fingerprint density at radius 2 is 2.00 bits per heavy atom. The maximum atomic E-state index is 12.7. The molecular formula is C17H27N3O4S. The van der Waals surface area contributed by atoms with E-state index in [2.05, 4.69) is 10.2 Å².